The molecule has 1 nitrogen and oxygen atoms in total. The third kappa shape index (κ3) is 3.38. The van der Waals surface area contributed by atoms with E-state index in [1.54, 1.807) is 0 Å². The quantitative estimate of drug-likeness (QED) is 0.890. The largest absolute Gasteiger partial charge is 0.388 e. The molecule has 0 amide bonds. The van der Waals surface area contributed by atoms with Gasteiger partial charge in [-0.2, -0.15) is 0 Å². The van der Waals surface area contributed by atoms with Gasteiger partial charge in [0.1, 0.15) is 11.6 Å². The van der Waals surface area contributed by atoms with Crippen molar-refractivity contribution in [1.82, 2.24) is 0 Å². The average Bonchev–Trinajstić information content (AvgIpc) is 2.30. The molecule has 19 heavy (non-hydrogen) atoms. The van der Waals surface area contributed by atoms with Crippen molar-refractivity contribution in [1.29, 1.82) is 0 Å². The molecule has 1 unspecified atom stereocenters. The first-order valence-electron chi connectivity index (χ1n) is 6.16. The van der Waals surface area contributed by atoms with Crippen LogP contribution >= 0.6 is 0 Å². The summed E-state index contributed by atoms with van der Waals surface area (Å²) < 4.78 is 26.2. The Labute approximate surface area is 111 Å². The van der Waals surface area contributed by atoms with E-state index >= 15 is 0 Å². The summed E-state index contributed by atoms with van der Waals surface area (Å²) in [5, 5.41) is 10.2. The number of rotatable bonds is 3. The van der Waals surface area contributed by atoms with Gasteiger partial charge in [0.2, 0.25) is 0 Å². The van der Waals surface area contributed by atoms with Crippen LogP contribution in [0.15, 0.2) is 36.4 Å². The van der Waals surface area contributed by atoms with E-state index in [1.807, 2.05) is 32.0 Å². The van der Waals surface area contributed by atoms with E-state index in [9.17, 15) is 13.9 Å². The van der Waals surface area contributed by atoms with Crippen molar-refractivity contribution in [3.05, 3.63) is 70.3 Å². The Balaban J connectivity index is 2.25. The van der Waals surface area contributed by atoms with E-state index in [0.717, 1.165) is 22.8 Å². The fraction of sp³-hybridized carbons (Fsp3) is 0.250. The molecule has 0 fully saturated rings. The summed E-state index contributed by atoms with van der Waals surface area (Å²) >= 11 is 0. The van der Waals surface area contributed by atoms with Crippen molar-refractivity contribution in [2.45, 2.75) is 26.4 Å². The highest BCUT2D eigenvalue weighted by Gasteiger charge is 2.12. The Kier molecular flexibility index (Phi) is 3.96. The molecule has 100 valence electrons. The number of aryl methyl sites for hydroxylation is 2. The maximum absolute atomic E-state index is 13.1. The first kappa shape index (κ1) is 13.7. The van der Waals surface area contributed by atoms with Crippen LogP contribution in [0.2, 0.25) is 0 Å². The van der Waals surface area contributed by atoms with E-state index in [0.29, 0.717) is 5.56 Å². The van der Waals surface area contributed by atoms with Gasteiger partial charge in [0.15, 0.2) is 0 Å². The van der Waals surface area contributed by atoms with Gasteiger partial charge in [-0.1, -0.05) is 23.8 Å². The standard InChI is InChI=1S/C16H16F2O/c1-10-3-4-11(2)15(5-10)16(19)8-12-6-13(17)9-14(18)7-12/h3-7,9,16,19H,8H2,1-2H3. The molecule has 0 radical (unpaired) electrons. The second kappa shape index (κ2) is 5.49. The van der Waals surface area contributed by atoms with Crippen LogP contribution in [-0.2, 0) is 6.42 Å². The Morgan fingerprint density at radius 1 is 1.00 bits per heavy atom. The number of benzene rings is 2. The first-order chi connectivity index (χ1) is 8.95. The van der Waals surface area contributed by atoms with E-state index in [4.69, 9.17) is 0 Å². The van der Waals surface area contributed by atoms with Gasteiger partial charge < -0.3 is 5.11 Å². The lowest BCUT2D eigenvalue weighted by atomic mass is 9.96. The SMILES string of the molecule is Cc1ccc(C)c(C(O)Cc2cc(F)cc(F)c2)c1. The van der Waals surface area contributed by atoms with Gasteiger partial charge in [0.05, 0.1) is 6.10 Å². The van der Waals surface area contributed by atoms with Crippen molar-refractivity contribution >= 4 is 0 Å². The molecule has 0 spiro atoms. The van der Waals surface area contributed by atoms with Crippen molar-refractivity contribution in [2.24, 2.45) is 0 Å². The summed E-state index contributed by atoms with van der Waals surface area (Å²) in [5.41, 5.74) is 3.26. The molecular formula is C16H16F2O. The van der Waals surface area contributed by atoms with Gasteiger partial charge >= 0.3 is 0 Å². The highest BCUT2D eigenvalue weighted by Crippen LogP contribution is 2.23. The van der Waals surface area contributed by atoms with Crippen LogP contribution in [0, 0.1) is 25.5 Å². The summed E-state index contributed by atoms with van der Waals surface area (Å²) in [6, 6.07) is 9.12. The number of aliphatic hydroxyl groups is 1. The van der Waals surface area contributed by atoms with E-state index < -0.39 is 17.7 Å². The minimum absolute atomic E-state index is 0.193. The fourth-order valence-electron chi connectivity index (χ4n) is 2.18. The molecular weight excluding hydrogens is 246 g/mol. The molecule has 2 aromatic carbocycles. The van der Waals surface area contributed by atoms with Crippen LogP contribution in [0.4, 0.5) is 8.78 Å². The zero-order chi connectivity index (χ0) is 14.0. The lowest BCUT2D eigenvalue weighted by molar-refractivity contribution is 0.177. The zero-order valence-corrected chi connectivity index (χ0v) is 11.0. The van der Waals surface area contributed by atoms with Crippen molar-refractivity contribution in [3.63, 3.8) is 0 Å². The molecule has 0 aliphatic heterocycles. The second-order valence-electron chi connectivity index (χ2n) is 4.86. The minimum atomic E-state index is -0.763. The second-order valence-corrected chi connectivity index (χ2v) is 4.86. The van der Waals surface area contributed by atoms with Crippen molar-refractivity contribution < 1.29 is 13.9 Å². The van der Waals surface area contributed by atoms with Gasteiger partial charge in [-0.25, -0.2) is 8.78 Å². The number of halogens is 2. The molecule has 0 saturated heterocycles. The van der Waals surface area contributed by atoms with E-state index in [1.165, 1.54) is 12.1 Å². The number of hydrogen-bond acceptors (Lipinski definition) is 1. The van der Waals surface area contributed by atoms with Gasteiger partial charge in [0.25, 0.3) is 0 Å². The smallest absolute Gasteiger partial charge is 0.126 e. The highest BCUT2D eigenvalue weighted by molar-refractivity contribution is 5.33. The molecule has 1 atom stereocenters. The fourth-order valence-corrected chi connectivity index (χ4v) is 2.18. The zero-order valence-electron chi connectivity index (χ0n) is 11.0. The topological polar surface area (TPSA) is 20.2 Å². The summed E-state index contributed by atoms with van der Waals surface area (Å²) in [7, 11) is 0. The Bertz CT molecular complexity index is 573. The van der Waals surface area contributed by atoms with Crippen LogP contribution in [0.1, 0.15) is 28.4 Å². The molecule has 0 heterocycles. The summed E-state index contributed by atoms with van der Waals surface area (Å²) in [5.74, 6) is -1.24. The van der Waals surface area contributed by atoms with Crippen LogP contribution in [0.3, 0.4) is 0 Å². The highest BCUT2D eigenvalue weighted by atomic mass is 19.1. The van der Waals surface area contributed by atoms with Gasteiger partial charge in [0, 0.05) is 12.5 Å². The van der Waals surface area contributed by atoms with Crippen LogP contribution in [-0.4, -0.2) is 5.11 Å². The van der Waals surface area contributed by atoms with E-state index in [2.05, 4.69) is 0 Å². The first-order valence-corrected chi connectivity index (χ1v) is 6.16. The number of hydrogen-bond donors (Lipinski definition) is 1. The van der Waals surface area contributed by atoms with Gasteiger partial charge in [-0.05, 0) is 42.7 Å². The molecule has 0 aliphatic carbocycles. The van der Waals surface area contributed by atoms with E-state index in [-0.39, 0.29) is 6.42 Å². The predicted octanol–water partition coefficient (Wildman–Crippen LogP) is 3.86. The summed E-state index contributed by atoms with van der Waals surface area (Å²) in [4.78, 5) is 0. The molecule has 3 heteroatoms. The lowest BCUT2D eigenvalue weighted by Gasteiger charge is -2.15. The van der Waals surface area contributed by atoms with Gasteiger partial charge in [-0.3, -0.25) is 0 Å². The Hall–Kier alpha value is -1.74. The lowest BCUT2D eigenvalue weighted by Crippen LogP contribution is -2.05. The molecule has 1 N–H and O–H groups in total. The maximum atomic E-state index is 13.1. The average molecular weight is 262 g/mol. The Morgan fingerprint density at radius 3 is 2.26 bits per heavy atom. The van der Waals surface area contributed by atoms with Crippen molar-refractivity contribution in [3.8, 4) is 0 Å². The normalized spacial score (nSPS) is 12.5. The molecule has 0 saturated carbocycles. The predicted molar refractivity (Wildman–Crippen MR) is 70.9 cm³/mol. The monoisotopic (exact) mass is 262 g/mol. The van der Waals surface area contributed by atoms with Crippen LogP contribution < -0.4 is 0 Å². The molecule has 2 aromatic rings. The molecule has 0 bridgehead atoms. The van der Waals surface area contributed by atoms with Crippen LogP contribution in [0.25, 0.3) is 0 Å². The maximum Gasteiger partial charge on any atom is 0.126 e. The summed E-state index contributed by atoms with van der Waals surface area (Å²) in [6.07, 6.45) is -0.569. The molecule has 0 aliphatic rings. The summed E-state index contributed by atoms with van der Waals surface area (Å²) in [6.45, 7) is 3.85. The van der Waals surface area contributed by atoms with Gasteiger partial charge in [-0.15, -0.1) is 0 Å². The molecule has 0 aromatic heterocycles. The Morgan fingerprint density at radius 2 is 1.63 bits per heavy atom. The minimum Gasteiger partial charge on any atom is -0.388 e. The van der Waals surface area contributed by atoms with Crippen molar-refractivity contribution in [2.75, 3.05) is 0 Å². The third-order valence-electron chi connectivity index (χ3n) is 3.15. The number of aliphatic hydroxyl groups excluding tert-OH is 1. The third-order valence-corrected chi connectivity index (χ3v) is 3.15. The van der Waals surface area contributed by atoms with Crippen LogP contribution in [0.5, 0.6) is 0 Å². The molecule has 2 rings (SSSR count).